The van der Waals surface area contributed by atoms with Crippen LogP contribution >= 0.6 is 0 Å². The molecule has 0 amide bonds. The largest absolute Gasteiger partial charge is 0.393 e. The number of carbonyl (C=O) groups excluding carboxylic acids is 1. The summed E-state index contributed by atoms with van der Waals surface area (Å²) < 4.78 is 28.4. The lowest BCUT2D eigenvalue weighted by Gasteiger charge is -2.60. The van der Waals surface area contributed by atoms with E-state index in [4.69, 9.17) is 0 Å². The van der Waals surface area contributed by atoms with E-state index >= 15 is 0 Å². The van der Waals surface area contributed by atoms with E-state index in [1.165, 1.54) is 0 Å². The molecule has 0 spiro atoms. The predicted molar refractivity (Wildman–Crippen MR) is 83.1 cm³/mol. The molecule has 23 heavy (non-hydrogen) atoms. The number of Topliss-reactive ketones (excluding diaryl/α,β-unsaturated/α-hetero) is 1. The number of aliphatic hydroxyl groups is 1. The summed E-state index contributed by atoms with van der Waals surface area (Å²) in [5.74, 6) is -2.62. The van der Waals surface area contributed by atoms with Gasteiger partial charge in [-0.05, 0) is 73.0 Å². The number of hydrogen-bond donors (Lipinski definition) is 1. The number of ketones is 1. The molecule has 0 radical (unpaired) electrons. The topological polar surface area (TPSA) is 37.3 Å². The fourth-order valence-electron chi connectivity index (χ4n) is 7.07. The highest BCUT2D eigenvalue weighted by atomic mass is 19.3. The Balaban J connectivity index is 1.66. The van der Waals surface area contributed by atoms with Crippen molar-refractivity contribution in [3.63, 3.8) is 0 Å². The van der Waals surface area contributed by atoms with Crippen molar-refractivity contribution < 1.29 is 18.7 Å². The van der Waals surface area contributed by atoms with E-state index in [9.17, 15) is 18.7 Å². The number of fused-ring (bicyclic) bond motifs is 5. The molecular weight excluding hydrogens is 298 g/mol. The third kappa shape index (κ3) is 2.03. The van der Waals surface area contributed by atoms with Gasteiger partial charge in [0.2, 0.25) is 5.78 Å². The fourth-order valence-corrected chi connectivity index (χ4v) is 7.07. The van der Waals surface area contributed by atoms with Gasteiger partial charge in [-0.1, -0.05) is 13.8 Å². The minimum absolute atomic E-state index is 0.0165. The molecule has 1 N–H and O–H groups in total. The lowest BCUT2D eigenvalue weighted by molar-refractivity contribution is -0.184. The van der Waals surface area contributed by atoms with Crippen LogP contribution in [0.1, 0.15) is 65.2 Å². The van der Waals surface area contributed by atoms with Crippen molar-refractivity contribution >= 4 is 5.78 Å². The van der Waals surface area contributed by atoms with Crippen LogP contribution in [-0.2, 0) is 4.79 Å². The maximum atomic E-state index is 14.2. The Labute approximate surface area is 137 Å². The quantitative estimate of drug-likeness (QED) is 0.724. The summed E-state index contributed by atoms with van der Waals surface area (Å²) in [6.07, 6.45) is 5.32. The second kappa shape index (κ2) is 4.77. The molecular formula is C19H28F2O2. The Morgan fingerprint density at radius 1 is 1.00 bits per heavy atom. The summed E-state index contributed by atoms with van der Waals surface area (Å²) in [4.78, 5) is 11.8. The van der Waals surface area contributed by atoms with E-state index in [0.717, 1.165) is 38.5 Å². The number of rotatable bonds is 0. The van der Waals surface area contributed by atoms with Crippen molar-refractivity contribution in [3.05, 3.63) is 0 Å². The van der Waals surface area contributed by atoms with Gasteiger partial charge in [-0.3, -0.25) is 4.79 Å². The van der Waals surface area contributed by atoms with Crippen molar-refractivity contribution in [1.29, 1.82) is 0 Å². The summed E-state index contributed by atoms with van der Waals surface area (Å²) >= 11 is 0. The monoisotopic (exact) mass is 326 g/mol. The highest BCUT2D eigenvalue weighted by molar-refractivity contribution is 5.86. The van der Waals surface area contributed by atoms with Gasteiger partial charge in [0.1, 0.15) is 0 Å². The van der Waals surface area contributed by atoms with Gasteiger partial charge in [0, 0.05) is 12.8 Å². The molecule has 4 fully saturated rings. The first-order valence-electron chi connectivity index (χ1n) is 9.28. The van der Waals surface area contributed by atoms with Gasteiger partial charge in [-0.25, -0.2) is 0 Å². The molecule has 7 atom stereocenters. The van der Waals surface area contributed by atoms with Crippen LogP contribution in [0.3, 0.4) is 0 Å². The molecule has 0 aliphatic heterocycles. The fraction of sp³-hybridized carbons (Fsp3) is 0.947. The Morgan fingerprint density at radius 3 is 2.43 bits per heavy atom. The smallest absolute Gasteiger partial charge is 0.305 e. The first-order chi connectivity index (χ1) is 10.7. The molecule has 0 aromatic carbocycles. The molecule has 130 valence electrons. The van der Waals surface area contributed by atoms with Crippen LogP contribution in [0, 0.1) is 34.5 Å². The van der Waals surface area contributed by atoms with Gasteiger partial charge in [0.25, 0.3) is 0 Å². The van der Waals surface area contributed by atoms with Crippen molar-refractivity contribution in [2.45, 2.75) is 77.2 Å². The van der Waals surface area contributed by atoms with Gasteiger partial charge in [0.15, 0.2) is 0 Å². The molecule has 2 nitrogen and oxygen atoms in total. The van der Waals surface area contributed by atoms with Crippen LogP contribution in [0.25, 0.3) is 0 Å². The summed E-state index contributed by atoms with van der Waals surface area (Å²) in [6.45, 7) is 4.24. The predicted octanol–water partition coefficient (Wildman–Crippen LogP) is 4.20. The minimum atomic E-state index is -3.14. The van der Waals surface area contributed by atoms with Crippen molar-refractivity contribution in [1.82, 2.24) is 0 Å². The molecule has 0 aromatic heterocycles. The van der Waals surface area contributed by atoms with E-state index in [0.29, 0.717) is 17.8 Å². The van der Waals surface area contributed by atoms with Gasteiger partial charge in [0.05, 0.1) is 6.10 Å². The average molecular weight is 326 g/mol. The highest BCUT2D eigenvalue weighted by Crippen LogP contribution is 2.67. The minimum Gasteiger partial charge on any atom is -0.393 e. The van der Waals surface area contributed by atoms with Crippen LogP contribution in [0.2, 0.25) is 0 Å². The molecule has 0 aromatic rings. The summed E-state index contributed by atoms with van der Waals surface area (Å²) in [5.41, 5.74) is -0.424. The average Bonchev–Trinajstić information content (AvgIpc) is 2.76. The lowest BCUT2D eigenvalue weighted by Crippen LogP contribution is -2.57. The van der Waals surface area contributed by atoms with E-state index in [1.54, 1.807) is 0 Å². The third-order valence-corrected chi connectivity index (χ3v) is 8.46. The number of aliphatic hydroxyl groups excluding tert-OH is 1. The van der Waals surface area contributed by atoms with Crippen LogP contribution in [0.4, 0.5) is 8.78 Å². The first kappa shape index (κ1) is 16.0. The molecule has 4 saturated carbocycles. The highest BCUT2D eigenvalue weighted by Gasteiger charge is 2.64. The van der Waals surface area contributed by atoms with Gasteiger partial charge in [-0.15, -0.1) is 0 Å². The van der Waals surface area contributed by atoms with Gasteiger partial charge >= 0.3 is 5.92 Å². The van der Waals surface area contributed by atoms with Crippen molar-refractivity contribution in [2.75, 3.05) is 0 Å². The van der Waals surface area contributed by atoms with Crippen LogP contribution in [-0.4, -0.2) is 22.9 Å². The molecule has 4 aliphatic carbocycles. The zero-order chi connectivity index (χ0) is 16.6. The molecule has 4 rings (SSSR count). The van der Waals surface area contributed by atoms with E-state index in [1.807, 2.05) is 6.92 Å². The molecule has 0 bridgehead atoms. The normalized spacial score (nSPS) is 55.0. The Bertz CT molecular complexity index is 533. The first-order valence-corrected chi connectivity index (χ1v) is 9.28. The Hall–Kier alpha value is -0.510. The summed E-state index contributed by atoms with van der Waals surface area (Å²) in [6, 6.07) is 0. The van der Waals surface area contributed by atoms with E-state index in [-0.39, 0.29) is 30.3 Å². The molecule has 5 unspecified atom stereocenters. The van der Waals surface area contributed by atoms with Crippen LogP contribution in [0.5, 0.6) is 0 Å². The molecule has 4 aliphatic rings. The van der Waals surface area contributed by atoms with Gasteiger partial charge < -0.3 is 5.11 Å². The van der Waals surface area contributed by atoms with E-state index in [2.05, 4.69) is 6.92 Å². The third-order valence-electron chi connectivity index (χ3n) is 8.46. The second-order valence-electron chi connectivity index (χ2n) is 9.30. The Kier molecular flexibility index (Phi) is 3.32. The standard InChI is InChI=1S/C19H28F2O2/c1-17-8-7-14-12(13(17)5-6-15(17)22)4-3-11-9-16(23)19(20,21)10-18(11,14)2/h11-15,22H,3-10H2,1-2H3/t11?,12?,13?,14?,15?,17-,18-/m0/s1. The van der Waals surface area contributed by atoms with Crippen LogP contribution in [0.15, 0.2) is 0 Å². The van der Waals surface area contributed by atoms with Crippen molar-refractivity contribution in [3.8, 4) is 0 Å². The molecule has 0 saturated heterocycles. The number of hydrogen-bond acceptors (Lipinski definition) is 2. The molecule has 0 heterocycles. The zero-order valence-corrected chi connectivity index (χ0v) is 14.2. The zero-order valence-electron chi connectivity index (χ0n) is 14.2. The van der Waals surface area contributed by atoms with Gasteiger partial charge in [-0.2, -0.15) is 8.78 Å². The number of halogens is 2. The number of carbonyl (C=O) groups is 1. The SMILES string of the molecule is C[C@]12CC(F)(F)C(=O)CC1CCC1C2CC[C@]2(C)C(O)CCC12. The van der Waals surface area contributed by atoms with E-state index < -0.39 is 17.1 Å². The number of alkyl halides is 2. The maximum absolute atomic E-state index is 14.2. The van der Waals surface area contributed by atoms with Crippen molar-refractivity contribution in [2.24, 2.45) is 34.5 Å². The summed E-state index contributed by atoms with van der Waals surface area (Å²) in [5, 5.41) is 10.4. The Morgan fingerprint density at radius 2 is 1.70 bits per heavy atom. The van der Waals surface area contributed by atoms with Crippen LogP contribution < -0.4 is 0 Å². The maximum Gasteiger partial charge on any atom is 0.305 e. The molecule has 4 heteroatoms. The summed E-state index contributed by atoms with van der Waals surface area (Å²) in [7, 11) is 0. The second-order valence-corrected chi connectivity index (χ2v) is 9.30. The lowest BCUT2D eigenvalue weighted by atomic mass is 9.45.